The minimum atomic E-state index is -0.762. The van der Waals surface area contributed by atoms with Crippen LogP contribution in [0.5, 0.6) is 11.5 Å². The molecule has 0 unspecified atom stereocenters. The van der Waals surface area contributed by atoms with Gasteiger partial charge in [-0.05, 0) is 30.7 Å². The number of aryl methyl sites for hydroxylation is 1. The maximum Gasteiger partial charge on any atom is 0.340 e. The standard InChI is InChI=1S/C24H21N3O7/c1-14-6-4-8-27-21(28)10-15(25-22(14)27)13-34-24(30)16-11-19(31-2)20(32-3)12-17(16)26-23(29)18-7-5-9-33-18/h4-12H,13H2,1-3H3,(H,26,29). The van der Waals surface area contributed by atoms with E-state index in [0.717, 1.165) is 5.56 Å². The molecule has 10 nitrogen and oxygen atoms in total. The fraction of sp³-hybridized carbons (Fsp3) is 0.167. The second-order valence-corrected chi connectivity index (χ2v) is 7.23. The van der Waals surface area contributed by atoms with E-state index in [1.165, 1.54) is 49.1 Å². The lowest BCUT2D eigenvalue weighted by molar-refractivity contribution is 0.0468. The summed E-state index contributed by atoms with van der Waals surface area (Å²) in [5, 5.41) is 2.62. The Balaban J connectivity index is 1.63. The third kappa shape index (κ3) is 4.46. The molecule has 10 heteroatoms. The fourth-order valence-corrected chi connectivity index (χ4v) is 3.34. The van der Waals surface area contributed by atoms with Crippen molar-refractivity contribution in [3.8, 4) is 11.5 Å². The van der Waals surface area contributed by atoms with Gasteiger partial charge in [-0.2, -0.15) is 0 Å². The molecule has 4 aromatic rings. The Bertz CT molecular complexity index is 1420. The number of nitrogens with one attached hydrogen (secondary N) is 1. The lowest BCUT2D eigenvalue weighted by Gasteiger charge is -2.15. The molecule has 0 atom stereocenters. The van der Waals surface area contributed by atoms with Crippen molar-refractivity contribution in [1.29, 1.82) is 0 Å². The molecule has 1 N–H and O–H groups in total. The Labute approximate surface area is 193 Å². The van der Waals surface area contributed by atoms with Gasteiger partial charge in [-0.1, -0.05) is 6.07 Å². The van der Waals surface area contributed by atoms with E-state index in [1.807, 2.05) is 13.0 Å². The van der Waals surface area contributed by atoms with Gasteiger partial charge in [-0.3, -0.25) is 14.0 Å². The summed E-state index contributed by atoms with van der Waals surface area (Å²) in [4.78, 5) is 42.3. The van der Waals surface area contributed by atoms with Gasteiger partial charge in [-0.15, -0.1) is 0 Å². The molecule has 34 heavy (non-hydrogen) atoms. The molecule has 1 amide bonds. The molecule has 1 aromatic carbocycles. The zero-order valence-electron chi connectivity index (χ0n) is 18.7. The lowest BCUT2D eigenvalue weighted by Crippen LogP contribution is -2.18. The van der Waals surface area contributed by atoms with Crippen LogP contribution in [0.2, 0.25) is 0 Å². The number of hydrogen-bond donors (Lipinski definition) is 1. The van der Waals surface area contributed by atoms with Crippen LogP contribution < -0.4 is 20.3 Å². The van der Waals surface area contributed by atoms with Gasteiger partial charge in [0.2, 0.25) is 0 Å². The van der Waals surface area contributed by atoms with Crippen LogP contribution in [-0.4, -0.2) is 35.5 Å². The molecule has 3 aromatic heterocycles. The number of esters is 1. The normalized spacial score (nSPS) is 10.7. The maximum absolute atomic E-state index is 13.0. The SMILES string of the molecule is COc1cc(NC(=O)c2ccco2)c(C(=O)OCc2cc(=O)n3cccc(C)c3n2)cc1OC. The van der Waals surface area contributed by atoms with Crippen LogP contribution in [0.15, 0.2) is 64.1 Å². The highest BCUT2D eigenvalue weighted by Gasteiger charge is 2.21. The molecule has 0 bridgehead atoms. The van der Waals surface area contributed by atoms with Crippen LogP contribution in [-0.2, 0) is 11.3 Å². The van der Waals surface area contributed by atoms with Gasteiger partial charge in [0.1, 0.15) is 12.3 Å². The number of anilines is 1. The van der Waals surface area contributed by atoms with Crippen LogP contribution in [0.1, 0.15) is 32.2 Å². The number of ether oxygens (including phenoxy) is 3. The molecule has 174 valence electrons. The lowest BCUT2D eigenvalue weighted by atomic mass is 10.1. The molecule has 0 radical (unpaired) electrons. The Morgan fingerprint density at radius 3 is 2.56 bits per heavy atom. The summed E-state index contributed by atoms with van der Waals surface area (Å²) in [5.74, 6) is -0.699. The van der Waals surface area contributed by atoms with E-state index in [1.54, 1.807) is 18.3 Å². The molecular formula is C24H21N3O7. The maximum atomic E-state index is 13.0. The summed E-state index contributed by atoms with van der Waals surface area (Å²) < 4.78 is 22.5. The number of furan rings is 1. The number of methoxy groups -OCH3 is 2. The largest absolute Gasteiger partial charge is 0.493 e. The van der Waals surface area contributed by atoms with Gasteiger partial charge in [0, 0.05) is 24.4 Å². The van der Waals surface area contributed by atoms with E-state index in [9.17, 15) is 14.4 Å². The minimum Gasteiger partial charge on any atom is -0.493 e. The second-order valence-electron chi connectivity index (χ2n) is 7.23. The highest BCUT2D eigenvalue weighted by molar-refractivity contribution is 6.07. The Kier molecular flexibility index (Phi) is 6.30. The Morgan fingerprint density at radius 1 is 1.09 bits per heavy atom. The summed E-state index contributed by atoms with van der Waals surface area (Å²) in [5.41, 5.74) is 1.42. The van der Waals surface area contributed by atoms with E-state index in [0.29, 0.717) is 11.4 Å². The van der Waals surface area contributed by atoms with E-state index >= 15 is 0 Å². The molecule has 3 heterocycles. The number of fused-ring (bicyclic) bond motifs is 1. The first kappa shape index (κ1) is 22.6. The van der Waals surface area contributed by atoms with E-state index in [-0.39, 0.29) is 40.6 Å². The van der Waals surface area contributed by atoms with Crippen molar-refractivity contribution in [1.82, 2.24) is 9.38 Å². The molecule has 0 saturated heterocycles. The number of nitrogens with zero attached hydrogens (tertiary/aromatic N) is 2. The molecular weight excluding hydrogens is 442 g/mol. The van der Waals surface area contributed by atoms with Crippen LogP contribution in [0.3, 0.4) is 0 Å². The molecule has 0 aliphatic carbocycles. The van der Waals surface area contributed by atoms with Gasteiger partial charge in [0.05, 0.1) is 37.4 Å². The first-order valence-electron chi connectivity index (χ1n) is 10.2. The van der Waals surface area contributed by atoms with E-state index in [4.69, 9.17) is 18.6 Å². The first-order valence-corrected chi connectivity index (χ1v) is 10.2. The number of benzene rings is 1. The number of hydrogen-bond acceptors (Lipinski definition) is 8. The van der Waals surface area contributed by atoms with Crippen molar-refractivity contribution in [3.05, 3.63) is 87.9 Å². The van der Waals surface area contributed by atoms with Crippen molar-refractivity contribution in [2.75, 3.05) is 19.5 Å². The van der Waals surface area contributed by atoms with Gasteiger partial charge >= 0.3 is 5.97 Å². The summed E-state index contributed by atoms with van der Waals surface area (Å²) in [6.45, 7) is 1.58. The smallest absolute Gasteiger partial charge is 0.340 e. The number of amides is 1. The van der Waals surface area contributed by atoms with Gasteiger partial charge in [0.25, 0.3) is 11.5 Å². The van der Waals surface area contributed by atoms with Gasteiger partial charge < -0.3 is 23.9 Å². The quantitative estimate of drug-likeness (QED) is 0.415. The van der Waals surface area contributed by atoms with Crippen molar-refractivity contribution in [3.63, 3.8) is 0 Å². The molecule has 0 aliphatic heterocycles. The highest BCUT2D eigenvalue weighted by Crippen LogP contribution is 2.34. The number of pyridine rings is 1. The average molecular weight is 463 g/mol. The number of carbonyl (C=O) groups is 2. The van der Waals surface area contributed by atoms with Crippen molar-refractivity contribution >= 4 is 23.2 Å². The molecule has 4 rings (SSSR count). The molecule has 0 fully saturated rings. The minimum absolute atomic E-state index is 0.0197. The fourth-order valence-electron chi connectivity index (χ4n) is 3.34. The number of rotatable bonds is 7. The summed E-state index contributed by atoms with van der Waals surface area (Å²) >= 11 is 0. The van der Waals surface area contributed by atoms with Gasteiger partial charge in [-0.25, -0.2) is 9.78 Å². The Morgan fingerprint density at radius 2 is 1.85 bits per heavy atom. The first-order chi connectivity index (χ1) is 16.4. The highest BCUT2D eigenvalue weighted by atomic mass is 16.5. The summed E-state index contributed by atoms with van der Waals surface area (Å²) in [6.07, 6.45) is 2.98. The predicted octanol–water partition coefficient (Wildman–Crippen LogP) is 3.22. The van der Waals surface area contributed by atoms with Crippen molar-refractivity contribution in [2.24, 2.45) is 0 Å². The zero-order chi connectivity index (χ0) is 24.2. The zero-order valence-corrected chi connectivity index (χ0v) is 18.7. The summed E-state index contributed by atoms with van der Waals surface area (Å²) in [7, 11) is 2.85. The number of carbonyl (C=O) groups excluding carboxylic acids is 2. The summed E-state index contributed by atoms with van der Waals surface area (Å²) in [6, 6.07) is 10.8. The third-order valence-corrected chi connectivity index (χ3v) is 5.03. The average Bonchev–Trinajstić information content (AvgIpc) is 3.38. The Hall–Kier alpha value is -4.60. The van der Waals surface area contributed by atoms with Crippen LogP contribution in [0.25, 0.3) is 5.65 Å². The molecule has 0 saturated carbocycles. The molecule has 0 aliphatic rings. The van der Waals surface area contributed by atoms with E-state index in [2.05, 4.69) is 10.3 Å². The van der Waals surface area contributed by atoms with E-state index < -0.39 is 11.9 Å². The monoisotopic (exact) mass is 463 g/mol. The van der Waals surface area contributed by atoms with Crippen molar-refractivity contribution < 1.29 is 28.2 Å². The van der Waals surface area contributed by atoms with Gasteiger partial charge in [0.15, 0.2) is 17.3 Å². The second kappa shape index (κ2) is 9.49. The van der Waals surface area contributed by atoms with Crippen LogP contribution >= 0.6 is 0 Å². The third-order valence-electron chi connectivity index (χ3n) is 5.03. The molecule has 0 spiro atoms. The number of aromatic nitrogens is 2. The topological polar surface area (TPSA) is 121 Å². The predicted molar refractivity (Wildman–Crippen MR) is 122 cm³/mol. The van der Waals surface area contributed by atoms with Crippen molar-refractivity contribution in [2.45, 2.75) is 13.5 Å². The van der Waals surface area contributed by atoms with Crippen LogP contribution in [0, 0.1) is 6.92 Å². The van der Waals surface area contributed by atoms with Crippen LogP contribution in [0.4, 0.5) is 5.69 Å².